The lowest BCUT2D eigenvalue weighted by molar-refractivity contribution is -0.121. The molecule has 0 radical (unpaired) electrons. The highest BCUT2D eigenvalue weighted by molar-refractivity contribution is 9.10. The smallest absolute Gasteiger partial charge is 0.337 e. The van der Waals surface area contributed by atoms with Crippen LogP contribution < -0.4 is 4.74 Å². The summed E-state index contributed by atoms with van der Waals surface area (Å²) in [6.45, 7) is 0. The SMILES string of the molecule is COc1cc(/C=C2\SC(=Nc3ccc(Cl)c(C(=O)O)c3)N(C)C2=O)c(Br)cc1O. The van der Waals surface area contributed by atoms with Crippen molar-refractivity contribution in [3.05, 3.63) is 55.9 Å². The molecule has 0 saturated carbocycles. The molecule has 0 aromatic heterocycles. The number of thioether (sulfide) groups is 1. The van der Waals surface area contributed by atoms with Gasteiger partial charge in [-0.05, 0) is 53.7 Å². The summed E-state index contributed by atoms with van der Waals surface area (Å²) in [6, 6.07) is 7.45. The maximum absolute atomic E-state index is 12.6. The number of carboxylic acids is 1. The molecule has 2 aromatic carbocycles. The van der Waals surface area contributed by atoms with Crippen molar-refractivity contribution in [2.24, 2.45) is 4.99 Å². The molecule has 1 heterocycles. The Morgan fingerprint density at radius 2 is 2.07 bits per heavy atom. The zero-order chi connectivity index (χ0) is 21.3. The van der Waals surface area contributed by atoms with Crippen LogP contribution in [0.4, 0.5) is 5.69 Å². The number of rotatable bonds is 4. The Labute approximate surface area is 183 Å². The molecule has 0 aliphatic carbocycles. The van der Waals surface area contributed by atoms with E-state index >= 15 is 0 Å². The normalized spacial score (nSPS) is 16.7. The van der Waals surface area contributed by atoms with Crippen LogP contribution in [0.2, 0.25) is 5.02 Å². The van der Waals surface area contributed by atoms with E-state index in [1.807, 2.05) is 0 Å². The number of ether oxygens (including phenoxy) is 1. The fourth-order valence-electron chi connectivity index (χ4n) is 2.48. The second-order valence-corrected chi connectivity index (χ2v) is 8.15. The van der Waals surface area contributed by atoms with E-state index in [2.05, 4.69) is 20.9 Å². The predicted octanol–water partition coefficient (Wildman–Crippen LogP) is 4.75. The molecule has 0 spiro atoms. The van der Waals surface area contributed by atoms with E-state index in [1.54, 1.807) is 25.3 Å². The molecule has 150 valence electrons. The maximum atomic E-state index is 12.6. The molecule has 0 unspecified atom stereocenters. The molecule has 10 heteroatoms. The van der Waals surface area contributed by atoms with Gasteiger partial charge in [0.25, 0.3) is 5.91 Å². The number of carbonyl (C=O) groups is 2. The molecule has 3 rings (SSSR count). The zero-order valence-electron chi connectivity index (χ0n) is 15.1. The molecule has 1 fully saturated rings. The van der Waals surface area contributed by atoms with E-state index in [0.717, 1.165) is 11.8 Å². The second-order valence-electron chi connectivity index (χ2n) is 5.88. The van der Waals surface area contributed by atoms with Crippen LogP contribution in [0, 0.1) is 0 Å². The molecule has 0 atom stereocenters. The highest BCUT2D eigenvalue weighted by Gasteiger charge is 2.30. The summed E-state index contributed by atoms with van der Waals surface area (Å²) in [6.07, 6.45) is 1.66. The summed E-state index contributed by atoms with van der Waals surface area (Å²) in [5.41, 5.74) is 0.939. The summed E-state index contributed by atoms with van der Waals surface area (Å²) in [5.74, 6) is -1.17. The third-order valence-electron chi connectivity index (χ3n) is 3.99. The minimum atomic E-state index is -1.16. The number of amidine groups is 1. The van der Waals surface area contributed by atoms with Gasteiger partial charge in [0.1, 0.15) is 0 Å². The van der Waals surface area contributed by atoms with E-state index in [1.165, 1.54) is 30.2 Å². The van der Waals surface area contributed by atoms with E-state index < -0.39 is 5.97 Å². The first-order valence-corrected chi connectivity index (χ1v) is 10.1. The van der Waals surface area contributed by atoms with Crippen molar-refractivity contribution < 1.29 is 24.5 Å². The number of phenols is 1. The summed E-state index contributed by atoms with van der Waals surface area (Å²) < 4.78 is 5.70. The molecule has 29 heavy (non-hydrogen) atoms. The molecule has 1 aliphatic rings. The zero-order valence-corrected chi connectivity index (χ0v) is 18.3. The van der Waals surface area contributed by atoms with E-state index in [0.29, 0.717) is 25.8 Å². The number of nitrogens with zero attached hydrogens (tertiary/aromatic N) is 2. The minimum absolute atomic E-state index is 0.0248. The Hall–Kier alpha value is -2.49. The number of carboxylic acid groups (broad SMARTS) is 1. The number of hydrogen-bond donors (Lipinski definition) is 2. The number of phenolic OH excluding ortho intramolecular Hbond substituents is 1. The van der Waals surface area contributed by atoms with Crippen molar-refractivity contribution in [2.45, 2.75) is 0 Å². The summed E-state index contributed by atoms with van der Waals surface area (Å²) in [4.78, 5) is 30.0. The first-order valence-electron chi connectivity index (χ1n) is 8.07. The standard InChI is InChI=1S/C19H14BrClN2O5S/c1-23-17(25)16(6-9-5-15(28-2)14(24)8-12(9)20)29-19(23)22-10-3-4-13(21)11(7-10)18(26)27/h3-8,24H,1-2H3,(H,26,27)/b16-6-,22-19?. The number of benzene rings is 2. The van der Waals surface area contributed by atoms with Crippen LogP contribution >= 0.6 is 39.3 Å². The number of aromatic carboxylic acids is 1. The molecule has 1 saturated heterocycles. The van der Waals surface area contributed by atoms with Crippen LogP contribution in [0.25, 0.3) is 6.08 Å². The number of methoxy groups -OCH3 is 1. The fourth-order valence-corrected chi connectivity index (χ4v) is 4.10. The topological polar surface area (TPSA) is 99.4 Å². The first kappa shape index (κ1) is 21.2. The van der Waals surface area contributed by atoms with Crippen LogP contribution in [0.3, 0.4) is 0 Å². The third-order valence-corrected chi connectivity index (χ3v) is 6.07. The van der Waals surface area contributed by atoms with Crippen molar-refractivity contribution >= 4 is 68.1 Å². The Balaban J connectivity index is 1.96. The lowest BCUT2D eigenvalue weighted by Gasteiger charge is -2.08. The molecular weight excluding hydrogens is 484 g/mol. The van der Waals surface area contributed by atoms with Crippen molar-refractivity contribution in [2.75, 3.05) is 14.2 Å². The minimum Gasteiger partial charge on any atom is -0.504 e. The van der Waals surface area contributed by atoms with E-state index in [9.17, 15) is 19.8 Å². The number of hydrogen-bond acceptors (Lipinski definition) is 6. The van der Waals surface area contributed by atoms with Gasteiger partial charge in [-0.25, -0.2) is 9.79 Å². The predicted molar refractivity (Wildman–Crippen MR) is 116 cm³/mol. The van der Waals surface area contributed by atoms with Gasteiger partial charge in [0.2, 0.25) is 0 Å². The van der Waals surface area contributed by atoms with Gasteiger partial charge in [-0.3, -0.25) is 9.69 Å². The lowest BCUT2D eigenvalue weighted by atomic mass is 10.2. The first-order chi connectivity index (χ1) is 13.7. The average molecular weight is 498 g/mol. The number of amides is 1. The van der Waals surface area contributed by atoms with Crippen LogP contribution in [0.15, 0.2) is 44.7 Å². The second kappa shape index (κ2) is 8.48. The van der Waals surface area contributed by atoms with Crippen molar-refractivity contribution in [1.82, 2.24) is 4.90 Å². The summed E-state index contributed by atoms with van der Waals surface area (Å²) in [5, 5.41) is 19.5. The van der Waals surface area contributed by atoms with Crippen LogP contribution in [0.5, 0.6) is 11.5 Å². The van der Waals surface area contributed by atoms with Gasteiger partial charge in [-0.15, -0.1) is 0 Å². The van der Waals surface area contributed by atoms with Gasteiger partial charge >= 0.3 is 5.97 Å². The number of likely N-dealkylation sites (N-methyl/N-ethyl adjacent to an activating group) is 1. The molecular formula is C19H14BrClN2O5S. The summed E-state index contributed by atoms with van der Waals surface area (Å²) >= 11 is 10.4. The van der Waals surface area contributed by atoms with Crippen LogP contribution in [-0.2, 0) is 4.79 Å². The van der Waals surface area contributed by atoms with Gasteiger partial charge < -0.3 is 14.9 Å². The molecule has 2 aromatic rings. The number of halogens is 2. The van der Waals surface area contributed by atoms with Crippen molar-refractivity contribution in [3.8, 4) is 11.5 Å². The summed E-state index contributed by atoms with van der Waals surface area (Å²) in [7, 11) is 3.01. The number of aromatic hydroxyl groups is 1. The molecule has 0 bridgehead atoms. The van der Waals surface area contributed by atoms with E-state index in [4.69, 9.17) is 16.3 Å². The van der Waals surface area contributed by atoms with Gasteiger partial charge in [0.05, 0.1) is 28.3 Å². The fraction of sp³-hybridized carbons (Fsp3) is 0.105. The van der Waals surface area contributed by atoms with Gasteiger partial charge in [0.15, 0.2) is 16.7 Å². The highest BCUT2D eigenvalue weighted by atomic mass is 79.9. The molecule has 1 aliphatic heterocycles. The Morgan fingerprint density at radius 3 is 2.72 bits per heavy atom. The number of carbonyl (C=O) groups excluding carboxylic acids is 1. The van der Waals surface area contributed by atoms with Crippen molar-refractivity contribution in [3.63, 3.8) is 0 Å². The van der Waals surface area contributed by atoms with Crippen LogP contribution in [0.1, 0.15) is 15.9 Å². The third kappa shape index (κ3) is 4.42. The number of aliphatic imine (C=N–C) groups is 1. The van der Waals surface area contributed by atoms with Gasteiger partial charge in [-0.2, -0.15) is 0 Å². The Morgan fingerprint density at radius 1 is 1.34 bits per heavy atom. The monoisotopic (exact) mass is 496 g/mol. The van der Waals surface area contributed by atoms with Gasteiger partial charge in [-0.1, -0.05) is 27.5 Å². The quantitative estimate of drug-likeness (QED) is 0.592. The van der Waals surface area contributed by atoms with E-state index in [-0.39, 0.29) is 28.0 Å². The molecule has 7 nitrogen and oxygen atoms in total. The molecule has 1 amide bonds. The molecule has 2 N–H and O–H groups in total. The Bertz CT molecular complexity index is 1090. The average Bonchev–Trinajstić information content (AvgIpc) is 2.93. The van der Waals surface area contributed by atoms with Gasteiger partial charge in [0, 0.05) is 11.5 Å². The Kier molecular flexibility index (Phi) is 6.21. The highest BCUT2D eigenvalue weighted by Crippen LogP contribution is 2.38. The van der Waals surface area contributed by atoms with Crippen molar-refractivity contribution in [1.29, 1.82) is 0 Å². The van der Waals surface area contributed by atoms with Crippen LogP contribution in [-0.4, -0.2) is 46.3 Å². The largest absolute Gasteiger partial charge is 0.504 e. The maximum Gasteiger partial charge on any atom is 0.337 e. The lowest BCUT2D eigenvalue weighted by Crippen LogP contribution is -2.23.